The van der Waals surface area contributed by atoms with Crippen LogP contribution in [-0.2, 0) is 14.3 Å². The Morgan fingerprint density at radius 3 is 2.76 bits per heavy atom. The summed E-state index contributed by atoms with van der Waals surface area (Å²) in [6.07, 6.45) is 10.5. The van der Waals surface area contributed by atoms with Crippen molar-refractivity contribution in [3.8, 4) is 0 Å². The van der Waals surface area contributed by atoms with Gasteiger partial charge in [-0.1, -0.05) is 39.5 Å². The Labute approximate surface area is 151 Å². The van der Waals surface area contributed by atoms with Gasteiger partial charge in [-0.05, 0) is 61.0 Å². The maximum Gasteiger partial charge on any atom is 0.338 e. The predicted molar refractivity (Wildman–Crippen MR) is 100 cm³/mol. The minimum atomic E-state index is -0.728. The summed E-state index contributed by atoms with van der Waals surface area (Å²) in [5.74, 6) is -0.439. The molecule has 1 aliphatic carbocycles. The molecule has 0 amide bonds. The van der Waals surface area contributed by atoms with Crippen LogP contribution in [0.4, 0.5) is 0 Å². The third-order valence-corrected chi connectivity index (χ3v) is 5.57. The summed E-state index contributed by atoms with van der Waals surface area (Å²) in [6, 6.07) is 0. The molecule has 4 heteroatoms. The van der Waals surface area contributed by atoms with E-state index in [1.54, 1.807) is 6.08 Å². The predicted octanol–water partition coefficient (Wildman–Crippen LogP) is 4.92. The Hall–Kier alpha value is -1.84. The summed E-state index contributed by atoms with van der Waals surface area (Å²) >= 11 is 0. The van der Waals surface area contributed by atoms with Crippen LogP contribution in [0.25, 0.3) is 0 Å². The first-order valence-corrected chi connectivity index (χ1v) is 9.04. The van der Waals surface area contributed by atoms with Crippen LogP contribution >= 0.6 is 0 Å². The van der Waals surface area contributed by atoms with E-state index in [4.69, 9.17) is 9.84 Å². The zero-order chi connectivity index (χ0) is 19.0. The van der Waals surface area contributed by atoms with Crippen LogP contribution in [0.5, 0.6) is 0 Å². The molecule has 0 aliphatic heterocycles. The number of carboxylic acids is 1. The van der Waals surface area contributed by atoms with Gasteiger partial charge >= 0.3 is 11.9 Å². The van der Waals surface area contributed by atoms with Gasteiger partial charge in [-0.25, -0.2) is 4.79 Å². The van der Waals surface area contributed by atoms with E-state index in [0.29, 0.717) is 11.5 Å². The first-order chi connectivity index (χ1) is 11.7. The smallest absolute Gasteiger partial charge is 0.338 e. The monoisotopic (exact) mass is 348 g/mol. The zero-order valence-electron chi connectivity index (χ0n) is 16.0. The molecule has 0 saturated heterocycles. The third-order valence-electron chi connectivity index (χ3n) is 5.57. The summed E-state index contributed by atoms with van der Waals surface area (Å²) in [5.41, 5.74) is 1.47. The minimum absolute atomic E-state index is 0.111. The largest absolute Gasteiger partial charge is 0.481 e. The van der Waals surface area contributed by atoms with E-state index in [0.717, 1.165) is 37.7 Å². The number of carbonyl (C=O) groups is 2. The topological polar surface area (TPSA) is 63.6 Å². The second kappa shape index (κ2) is 9.59. The van der Waals surface area contributed by atoms with Crippen LogP contribution < -0.4 is 0 Å². The average Bonchev–Trinajstić information content (AvgIpc) is 2.55. The van der Waals surface area contributed by atoms with Crippen molar-refractivity contribution in [3.63, 3.8) is 0 Å². The maximum absolute atomic E-state index is 11.9. The van der Waals surface area contributed by atoms with Gasteiger partial charge in [0.15, 0.2) is 0 Å². The summed E-state index contributed by atoms with van der Waals surface area (Å²) in [6.45, 7) is 10.6. The van der Waals surface area contributed by atoms with Crippen molar-refractivity contribution in [2.75, 3.05) is 7.11 Å². The summed E-state index contributed by atoms with van der Waals surface area (Å²) in [7, 11) is 1.39. The second-order valence-corrected chi connectivity index (χ2v) is 7.64. The fourth-order valence-electron chi connectivity index (χ4n) is 3.34. The molecule has 140 valence electrons. The summed E-state index contributed by atoms with van der Waals surface area (Å²) < 4.78 is 4.84. The van der Waals surface area contributed by atoms with Crippen LogP contribution in [-0.4, -0.2) is 24.2 Å². The first-order valence-electron chi connectivity index (χ1n) is 9.04. The molecular weight excluding hydrogens is 316 g/mol. The van der Waals surface area contributed by atoms with E-state index >= 15 is 0 Å². The lowest BCUT2D eigenvalue weighted by Crippen LogP contribution is -2.26. The van der Waals surface area contributed by atoms with Gasteiger partial charge in [0.05, 0.1) is 12.7 Å². The minimum Gasteiger partial charge on any atom is -0.481 e. The molecule has 25 heavy (non-hydrogen) atoms. The Morgan fingerprint density at radius 2 is 2.16 bits per heavy atom. The molecule has 0 fully saturated rings. The molecule has 0 heterocycles. The Balaban J connectivity index is 2.88. The van der Waals surface area contributed by atoms with Gasteiger partial charge in [0.1, 0.15) is 0 Å². The standard InChI is InChI=1S/C21H32O4/c1-15(14-19(22)23)11-13-21(4)12-7-6-8-18(20(24)25-5)16(2)9-10-17(21)3/h6-8,15,17H,2,9-14H2,1,3-5H3,(H,22,23)/b7-6-,18-8+/t15?,17-,21+/m1/s1. The number of hydrogen-bond donors (Lipinski definition) is 1. The SMILES string of the molecule is C=C1CC[C@@H](C)[C@](C)(CCC(C)CC(=O)O)C/C=C\C=C/1C(=O)OC. The van der Waals surface area contributed by atoms with Gasteiger partial charge in [0.25, 0.3) is 0 Å². The molecule has 1 aliphatic rings. The van der Waals surface area contributed by atoms with Gasteiger partial charge in [0, 0.05) is 6.42 Å². The normalized spacial score (nSPS) is 29.2. The van der Waals surface area contributed by atoms with E-state index in [1.807, 2.05) is 13.0 Å². The number of rotatable bonds is 6. The van der Waals surface area contributed by atoms with E-state index in [9.17, 15) is 9.59 Å². The molecule has 3 atom stereocenters. The molecule has 4 nitrogen and oxygen atoms in total. The van der Waals surface area contributed by atoms with Gasteiger partial charge < -0.3 is 9.84 Å². The third kappa shape index (κ3) is 6.52. The number of aliphatic carboxylic acids is 1. The molecule has 0 spiro atoms. The lowest BCUT2D eigenvalue weighted by atomic mass is 9.68. The van der Waals surface area contributed by atoms with Crippen molar-refractivity contribution in [1.29, 1.82) is 0 Å². The van der Waals surface area contributed by atoms with E-state index in [1.165, 1.54) is 7.11 Å². The highest BCUT2D eigenvalue weighted by atomic mass is 16.5. The number of esters is 1. The van der Waals surface area contributed by atoms with E-state index < -0.39 is 5.97 Å². The quantitative estimate of drug-likeness (QED) is 0.692. The molecule has 0 radical (unpaired) electrons. The number of carboxylic acid groups (broad SMARTS) is 1. The van der Waals surface area contributed by atoms with Gasteiger partial charge in [0.2, 0.25) is 0 Å². The lowest BCUT2D eigenvalue weighted by molar-refractivity contribution is -0.138. The van der Waals surface area contributed by atoms with Crippen LogP contribution in [0.3, 0.4) is 0 Å². The lowest BCUT2D eigenvalue weighted by Gasteiger charge is -2.36. The number of hydrogen-bond acceptors (Lipinski definition) is 3. The summed E-state index contributed by atoms with van der Waals surface area (Å²) in [5, 5.41) is 8.94. The fourth-order valence-corrected chi connectivity index (χ4v) is 3.34. The molecule has 0 bridgehead atoms. The fraction of sp³-hybridized carbons (Fsp3) is 0.619. The molecule has 0 aromatic rings. The number of allylic oxidation sites excluding steroid dienone is 3. The van der Waals surface area contributed by atoms with Crippen LogP contribution in [0.1, 0.15) is 59.3 Å². The molecule has 1 rings (SSSR count). The highest BCUT2D eigenvalue weighted by Crippen LogP contribution is 2.41. The molecule has 1 N–H and O–H groups in total. The van der Waals surface area contributed by atoms with Crippen molar-refractivity contribution < 1.29 is 19.4 Å². The maximum atomic E-state index is 11.9. The molecule has 1 unspecified atom stereocenters. The Bertz CT molecular complexity index is 558. The van der Waals surface area contributed by atoms with E-state index in [2.05, 4.69) is 26.5 Å². The second-order valence-electron chi connectivity index (χ2n) is 7.64. The molecule has 0 saturated carbocycles. The van der Waals surface area contributed by atoms with Crippen molar-refractivity contribution in [2.45, 2.75) is 59.3 Å². The van der Waals surface area contributed by atoms with Gasteiger partial charge in [-0.15, -0.1) is 0 Å². The molecule has 0 aromatic heterocycles. The van der Waals surface area contributed by atoms with E-state index in [-0.39, 0.29) is 23.7 Å². The van der Waals surface area contributed by atoms with Crippen LogP contribution in [0.15, 0.2) is 36.0 Å². The molecular formula is C21H32O4. The molecule has 0 aromatic carbocycles. The van der Waals surface area contributed by atoms with Crippen molar-refractivity contribution in [2.24, 2.45) is 17.3 Å². The first kappa shape index (κ1) is 21.2. The highest BCUT2D eigenvalue weighted by molar-refractivity contribution is 5.93. The Kier molecular flexibility index (Phi) is 8.14. The van der Waals surface area contributed by atoms with Gasteiger partial charge in [-0.3, -0.25) is 4.79 Å². The van der Waals surface area contributed by atoms with Crippen molar-refractivity contribution in [1.82, 2.24) is 0 Å². The number of carbonyl (C=O) groups excluding carboxylic acids is 1. The summed E-state index contributed by atoms with van der Waals surface area (Å²) in [4.78, 5) is 22.8. The van der Waals surface area contributed by atoms with Crippen molar-refractivity contribution >= 4 is 11.9 Å². The average molecular weight is 348 g/mol. The highest BCUT2D eigenvalue weighted by Gasteiger charge is 2.31. The number of ether oxygens (including phenoxy) is 1. The van der Waals surface area contributed by atoms with Crippen molar-refractivity contribution in [3.05, 3.63) is 36.0 Å². The van der Waals surface area contributed by atoms with Gasteiger partial charge in [-0.2, -0.15) is 0 Å². The van der Waals surface area contributed by atoms with Crippen LogP contribution in [0.2, 0.25) is 0 Å². The number of methoxy groups -OCH3 is 1. The zero-order valence-corrected chi connectivity index (χ0v) is 16.0. The van der Waals surface area contributed by atoms with Crippen LogP contribution in [0, 0.1) is 17.3 Å². The Morgan fingerprint density at radius 1 is 1.48 bits per heavy atom.